The van der Waals surface area contributed by atoms with Gasteiger partial charge >= 0.3 is 0 Å². The minimum atomic E-state index is -0.510. The molecule has 0 aliphatic carbocycles. The predicted molar refractivity (Wildman–Crippen MR) is 87.8 cm³/mol. The summed E-state index contributed by atoms with van der Waals surface area (Å²) in [5.74, 6) is 0.857. The number of nitrogens with one attached hydrogen (secondary N) is 1. The SMILES string of the molecule is NCC(O)[C@@H]1C[C@@H](Oc2cccc(-c3ccccc3)c2)CN1. The van der Waals surface area contributed by atoms with Crippen molar-refractivity contribution in [2.24, 2.45) is 5.73 Å². The second-order valence-corrected chi connectivity index (χ2v) is 5.69. The number of nitrogens with two attached hydrogens (primary N) is 1. The molecule has 2 aromatic rings. The van der Waals surface area contributed by atoms with E-state index in [0.717, 1.165) is 24.3 Å². The van der Waals surface area contributed by atoms with Gasteiger partial charge < -0.3 is 20.9 Å². The molecule has 3 atom stereocenters. The second-order valence-electron chi connectivity index (χ2n) is 5.69. The van der Waals surface area contributed by atoms with Gasteiger partial charge in [-0.25, -0.2) is 0 Å². The molecule has 1 heterocycles. The molecule has 0 spiro atoms. The molecule has 1 saturated heterocycles. The summed E-state index contributed by atoms with van der Waals surface area (Å²) in [6.07, 6.45) is 0.329. The Labute approximate surface area is 130 Å². The Morgan fingerprint density at radius 2 is 1.91 bits per heavy atom. The zero-order valence-corrected chi connectivity index (χ0v) is 12.5. The van der Waals surface area contributed by atoms with Crippen molar-refractivity contribution in [3.8, 4) is 16.9 Å². The van der Waals surface area contributed by atoms with Crippen LogP contribution in [-0.4, -0.2) is 36.4 Å². The molecule has 4 N–H and O–H groups in total. The van der Waals surface area contributed by atoms with Crippen LogP contribution in [0.1, 0.15) is 6.42 Å². The standard InChI is InChI=1S/C18H22N2O2/c19-11-18(21)17-10-16(12-20-17)22-15-8-4-7-14(9-15)13-5-2-1-3-6-13/h1-9,16-18,20-21H,10-12,19H2/t16-,17+,18?/m1/s1. The van der Waals surface area contributed by atoms with Crippen LogP contribution < -0.4 is 15.8 Å². The van der Waals surface area contributed by atoms with Crippen molar-refractivity contribution in [2.75, 3.05) is 13.1 Å². The van der Waals surface area contributed by atoms with Gasteiger partial charge in [0, 0.05) is 25.6 Å². The van der Waals surface area contributed by atoms with Crippen LogP contribution in [0.5, 0.6) is 5.75 Å². The summed E-state index contributed by atoms with van der Waals surface area (Å²) in [5.41, 5.74) is 7.82. The van der Waals surface area contributed by atoms with E-state index in [2.05, 4.69) is 29.6 Å². The number of aliphatic hydroxyl groups is 1. The molecule has 4 heteroatoms. The molecule has 0 aromatic heterocycles. The number of rotatable bonds is 5. The van der Waals surface area contributed by atoms with Crippen LogP contribution in [0.25, 0.3) is 11.1 Å². The smallest absolute Gasteiger partial charge is 0.120 e. The van der Waals surface area contributed by atoms with Crippen molar-refractivity contribution in [2.45, 2.75) is 24.7 Å². The van der Waals surface area contributed by atoms with Crippen molar-refractivity contribution < 1.29 is 9.84 Å². The summed E-state index contributed by atoms with van der Waals surface area (Å²) < 4.78 is 6.05. The molecule has 1 aliphatic rings. The highest BCUT2D eigenvalue weighted by Gasteiger charge is 2.29. The lowest BCUT2D eigenvalue weighted by atomic mass is 10.1. The lowest BCUT2D eigenvalue weighted by Gasteiger charge is -2.17. The molecule has 0 bridgehead atoms. The molecule has 0 saturated carbocycles. The molecule has 1 aliphatic heterocycles. The van der Waals surface area contributed by atoms with Crippen molar-refractivity contribution in [3.05, 3.63) is 54.6 Å². The zero-order valence-electron chi connectivity index (χ0n) is 12.5. The number of hydrogen-bond acceptors (Lipinski definition) is 4. The van der Waals surface area contributed by atoms with Crippen LogP contribution in [0.4, 0.5) is 0 Å². The average molecular weight is 298 g/mol. The van der Waals surface area contributed by atoms with E-state index >= 15 is 0 Å². The maximum atomic E-state index is 9.79. The van der Waals surface area contributed by atoms with Crippen LogP contribution in [-0.2, 0) is 0 Å². The Hall–Kier alpha value is -1.88. The summed E-state index contributed by atoms with van der Waals surface area (Å²) in [5, 5.41) is 13.1. The quantitative estimate of drug-likeness (QED) is 0.787. The van der Waals surface area contributed by atoms with Gasteiger partial charge in [-0.15, -0.1) is 0 Å². The van der Waals surface area contributed by atoms with Gasteiger partial charge in [0.15, 0.2) is 0 Å². The van der Waals surface area contributed by atoms with Gasteiger partial charge in [-0.2, -0.15) is 0 Å². The molecule has 1 unspecified atom stereocenters. The number of aliphatic hydroxyl groups excluding tert-OH is 1. The zero-order chi connectivity index (χ0) is 15.4. The van der Waals surface area contributed by atoms with Crippen molar-refractivity contribution in [1.29, 1.82) is 0 Å². The minimum Gasteiger partial charge on any atom is -0.489 e. The van der Waals surface area contributed by atoms with Gasteiger partial charge in [-0.3, -0.25) is 0 Å². The molecule has 116 valence electrons. The first kappa shape index (κ1) is 15.0. The molecule has 0 radical (unpaired) electrons. The fourth-order valence-corrected chi connectivity index (χ4v) is 2.85. The van der Waals surface area contributed by atoms with E-state index in [1.165, 1.54) is 5.56 Å². The van der Waals surface area contributed by atoms with Crippen LogP contribution in [0.2, 0.25) is 0 Å². The Bertz CT molecular complexity index is 603. The van der Waals surface area contributed by atoms with E-state index in [4.69, 9.17) is 10.5 Å². The summed E-state index contributed by atoms with van der Waals surface area (Å²) in [7, 11) is 0. The molecule has 3 rings (SSSR count). The third-order valence-corrected chi connectivity index (χ3v) is 4.07. The number of ether oxygens (including phenoxy) is 1. The summed E-state index contributed by atoms with van der Waals surface area (Å²) in [6, 6.07) is 18.4. The Kier molecular flexibility index (Phi) is 4.73. The molecule has 2 aromatic carbocycles. The lowest BCUT2D eigenvalue weighted by molar-refractivity contribution is 0.135. The maximum Gasteiger partial charge on any atom is 0.120 e. The number of benzene rings is 2. The van der Waals surface area contributed by atoms with Gasteiger partial charge in [-0.05, 0) is 23.3 Å². The molecule has 0 amide bonds. The first-order chi connectivity index (χ1) is 10.8. The molecule has 4 nitrogen and oxygen atoms in total. The van der Waals surface area contributed by atoms with E-state index in [0.29, 0.717) is 0 Å². The fraction of sp³-hybridized carbons (Fsp3) is 0.333. The summed E-state index contributed by atoms with van der Waals surface area (Å²) in [4.78, 5) is 0. The third kappa shape index (κ3) is 3.47. The third-order valence-electron chi connectivity index (χ3n) is 4.07. The highest BCUT2D eigenvalue weighted by Crippen LogP contribution is 2.25. The monoisotopic (exact) mass is 298 g/mol. The largest absolute Gasteiger partial charge is 0.489 e. The molecular formula is C18H22N2O2. The molecule has 1 fully saturated rings. The second kappa shape index (κ2) is 6.92. The van der Waals surface area contributed by atoms with E-state index in [9.17, 15) is 5.11 Å². The molecule has 22 heavy (non-hydrogen) atoms. The fourth-order valence-electron chi connectivity index (χ4n) is 2.85. The first-order valence-electron chi connectivity index (χ1n) is 7.70. The first-order valence-corrected chi connectivity index (χ1v) is 7.70. The average Bonchev–Trinajstić information content (AvgIpc) is 3.04. The van der Waals surface area contributed by atoms with Crippen LogP contribution in [0, 0.1) is 0 Å². The Morgan fingerprint density at radius 1 is 1.14 bits per heavy atom. The van der Waals surface area contributed by atoms with Gasteiger partial charge in [0.2, 0.25) is 0 Å². The maximum absolute atomic E-state index is 9.79. The van der Waals surface area contributed by atoms with Crippen LogP contribution in [0.3, 0.4) is 0 Å². The van der Waals surface area contributed by atoms with Gasteiger partial charge in [-0.1, -0.05) is 42.5 Å². The summed E-state index contributed by atoms with van der Waals surface area (Å²) >= 11 is 0. The molecular weight excluding hydrogens is 276 g/mol. The highest BCUT2D eigenvalue weighted by molar-refractivity contribution is 5.64. The van der Waals surface area contributed by atoms with Gasteiger partial charge in [0.05, 0.1) is 6.10 Å². The van der Waals surface area contributed by atoms with Crippen molar-refractivity contribution >= 4 is 0 Å². The van der Waals surface area contributed by atoms with E-state index in [1.807, 2.05) is 30.3 Å². The van der Waals surface area contributed by atoms with Crippen LogP contribution in [0.15, 0.2) is 54.6 Å². The van der Waals surface area contributed by atoms with E-state index in [-0.39, 0.29) is 18.7 Å². The van der Waals surface area contributed by atoms with E-state index < -0.39 is 6.10 Å². The number of hydrogen-bond donors (Lipinski definition) is 3. The Balaban J connectivity index is 1.67. The van der Waals surface area contributed by atoms with Gasteiger partial charge in [0.1, 0.15) is 11.9 Å². The van der Waals surface area contributed by atoms with Gasteiger partial charge in [0.25, 0.3) is 0 Å². The van der Waals surface area contributed by atoms with E-state index in [1.54, 1.807) is 0 Å². The highest BCUT2D eigenvalue weighted by atomic mass is 16.5. The topological polar surface area (TPSA) is 67.5 Å². The predicted octanol–water partition coefficient (Wildman–Crippen LogP) is 1.78. The van der Waals surface area contributed by atoms with Crippen molar-refractivity contribution in [1.82, 2.24) is 5.32 Å². The lowest BCUT2D eigenvalue weighted by Crippen LogP contribution is -2.39. The minimum absolute atomic E-state index is 0.0207. The van der Waals surface area contributed by atoms with Crippen molar-refractivity contribution in [3.63, 3.8) is 0 Å². The Morgan fingerprint density at radius 3 is 2.68 bits per heavy atom. The normalized spacial score (nSPS) is 22.5. The summed E-state index contributed by atoms with van der Waals surface area (Å²) in [6.45, 7) is 1.01. The van der Waals surface area contributed by atoms with Crippen LogP contribution >= 0.6 is 0 Å².